The molecule has 0 heterocycles. The van der Waals surface area contributed by atoms with Gasteiger partial charge in [0.05, 0.1) is 7.11 Å². The van der Waals surface area contributed by atoms with Gasteiger partial charge in [0.25, 0.3) is 0 Å². The molecule has 96 valence electrons. The van der Waals surface area contributed by atoms with Crippen LogP contribution in [0.3, 0.4) is 0 Å². The number of nitrogens with two attached hydrogens (primary N) is 1. The van der Waals surface area contributed by atoms with E-state index in [-0.39, 0.29) is 6.04 Å². The molecule has 0 bridgehead atoms. The van der Waals surface area contributed by atoms with Crippen LogP contribution >= 0.6 is 0 Å². The van der Waals surface area contributed by atoms with Crippen molar-refractivity contribution in [3.8, 4) is 5.75 Å². The van der Waals surface area contributed by atoms with E-state index in [4.69, 9.17) is 10.5 Å². The third-order valence-electron chi connectivity index (χ3n) is 2.84. The molecular formula is C14H24N2O. The Hall–Kier alpha value is -1.06. The number of hydrogen-bond donors (Lipinski definition) is 1. The largest absolute Gasteiger partial charge is 0.496 e. The smallest absolute Gasteiger partial charge is 0.121 e. The van der Waals surface area contributed by atoms with Crippen LogP contribution in [-0.4, -0.2) is 38.2 Å². The van der Waals surface area contributed by atoms with Crippen LogP contribution in [0.1, 0.15) is 18.1 Å². The van der Waals surface area contributed by atoms with Crippen molar-refractivity contribution in [1.82, 2.24) is 4.90 Å². The molecule has 1 aromatic carbocycles. The number of benzene rings is 1. The topological polar surface area (TPSA) is 38.5 Å². The zero-order valence-electron chi connectivity index (χ0n) is 11.4. The van der Waals surface area contributed by atoms with Crippen molar-refractivity contribution in [3.63, 3.8) is 0 Å². The molecule has 1 atom stereocenters. The van der Waals surface area contributed by atoms with Gasteiger partial charge < -0.3 is 15.4 Å². The Balaban J connectivity index is 2.49. The van der Waals surface area contributed by atoms with Gasteiger partial charge in [-0.05, 0) is 44.5 Å². The number of nitrogens with zero attached hydrogens (tertiary/aromatic N) is 1. The quantitative estimate of drug-likeness (QED) is 0.819. The van der Waals surface area contributed by atoms with Crippen molar-refractivity contribution >= 4 is 0 Å². The fraction of sp³-hybridized carbons (Fsp3) is 0.571. The number of hydrogen-bond acceptors (Lipinski definition) is 3. The number of rotatable bonds is 6. The van der Waals surface area contributed by atoms with Gasteiger partial charge in [0, 0.05) is 19.1 Å². The summed E-state index contributed by atoms with van der Waals surface area (Å²) in [5.41, 5.74) is 8.31. The van der Waals surface area contributed by atoms with E-state index in [2.05, 4.69) is 31.0 Å². The summed E-state index contributed by atoms with van der Waals surface area (Å²) in [7, 11) is 3.82. The van der Waals surface area contributed by atoms with Crippen LogP contribution in [0.4, 0.5) is 0 Å². The third-order valence-corrected chi connectivity index (χ3v) is 2.84. The normalized spacial score (nSPS) is 12.8. The second-order valence-corrected chi connectivity index (χ2v) is 4.79. The van der Waals surface area contributed by atoms with Crippen LogP contribution in [0.5, 0.6) is 5.75 Å². The Kier molecular flexibility index (Phi) is 5.45. The summed E-state index contributed by atoms with van der Waals surface area (Å²) in [6.07, 6.45) is 1.05. The van der Waals surface area contributed by atoms with Gasteiger partial charge in [0.15, 0.2) is 0 Å². The van der Waals surface area contributed by atoms with Crippen molar-refractivity contribution in [2.24, 2.45) is 5.73 Å². The van der Waals surface area contributed by atoms with Gasteiger partial charge in [-0.3, -0.25) is 0 Å². The Labute approximate surface area is 105 Å². The van der Waals surface area contributed by atoms with Crippen LogP contribution in [0.25, 0.3) is 0 Å². The van der Waals surface area contributed by atoms with E-state index in [9.17, 15) is 0 Å². The lowest BCUT2D eigenvalue weighted by atomic mass is 10.1. The summed E-state index contributed by atoms with van der Waals surface area (Å²) in [6.45, 7) is 6.09. The summed E-state index contributed by atoms with van der Waals surface area (Å²) in [4.78, 5) is 2.27. The lowest BCUT2D eigenvalue weighted by Crippen LogP contribution is -2.34. The molecule has 2 N–H and O–H groups in total. The zero-order chi connectivity index (χ0) is 12.8. The Morgan fingerprint density at radius 1 is 1.41 bits per heavy atom. The van der Waals surface area contributed by atoms with Crippen LogP contribution < -0.4 is 10.5 Å². The first kappa shape index (κ1) is 14.0. The molecule has 0 aromatic heterocycles. The number of methoxy groups -OCH3 is 1. The minimum Gasteiger partial charge on any atom is -0.496 e. The van der Waals surface area contributed by atoms with E-state index < -0.39 is 0 Å². The summed E-state index contributed by atoms with van der Waals surface area (Å²) < 4.78 is 5.25. The summed E-state index contributed by atoms with van der Waals surface area (Å²) >= 11 is 0. The maximum atomic E-state index is 5.77. The van der Waals surface area contributed by atoms with Gasteiger partial charge in [-0.1, -0.05) is 12.1 Å². The maximum Gasteiger partial charge on any atom is 0.121 e. The molecule has 0 radical (unpaired) electrons. The van der Waals surface area contributed by atoms with Gasteiger partial charge in [-0.15, -0.1) is 0 Å². The average Bonchev–Trinajstić information content (AvgIpc) is 2.25. The van der Waals surface area contributed by atoms with Gasteiger partial charge in [0.1, 0.15) is 5.75 Å². The number of ether oxygens (including phenoxy) is 1. The fourth-order valence-electron chi connectivity index (χ4n) is 2.00. The molecule has 1 rings (SSSR count). The second-order valence-electron chi connectivity index (χ2n) is 4.79. The van der Waals surface area contributed by atoms with Crippen LogP contribution in [0, 0.1) is 6.92 Å². The molecule has 0 fully saturated rings. The first-order valence-electron chi connectivity index (χ1n) is 6.10. The molecule has 0 aliphatic heterocycles. The second kappa shape index (κ2) is 6.62. The van der Waals surface area contributed by atoms with E-state index in [1.165, 1.54) is 11.1 Å². The molecule has 3 heteroatoms. The predicted octanol–water partition coefficient (Wildman–Crippen LogP) is 1.83. The molecule has 0 aliphatic rings. The first-order chi connectivity index (χ1) is 8.02. The number of aryl methyl sites for hydroxylation is 1. The lowest BCUT2D eigenvalue weighted by Gasteiger charge is -2.19. The first-order valence-corrected chi connectivity index (χ1v) is 6.10. The highest BCUT2D eigenvalue weighted by Crippen LogP contribution is 2.18. The summed E-state index contributed by atoms with van der Waals surface area (Å²) in [5, 5.41) is 0. The standard InChI is InChI=1S/C14H24N2O/c1-11-9-13(5-6-14(11)17-4)7-8-16(3)10-12(2)15/h5-6,9,12H,7-8,10,15H2,1-4H3. The average molecular weight is 236 g/mol. The van der Waals surface area contributed by atoms with Crippen molar-refractivity contribution < 1.29 is 4.74 Å². The van der Waals surface area contributed by atoms with E-state index in [1.54, 1.807) is 7.11 Å². The summed E-state index contributed by atoms with van der Waals surface area (Å²) in [5.74, 6) is 0.956. The summed E-state index contributed by atoms with van der Waals surface area (Å²) in [6, 6.07) is 6.60. The van der Waals surface area contributed by atoms with Gasteiger partial charge in [0.2, 0.25) is 0 Å². The molecule has 3 nitrogen and oxygen atoms in total. The van der Waals surface area contributed by atoms with Gasteiger partial charge in [-0.2, -0.15) is 0 Å². The van der Waals surface area contributed by atoms with Crippen molar-refractivity contribution in [2.75, 3.05) is 27.2 Å². The Morgan fingerprint density at radius 2 is 2.12 bits per heavy atom. The zero-order valence-corrected chi connectivity index (χ0v) is 11.4. The lowest BCUT2D eigenvalue weighted by molar-refractivity contribution is 0.321. The van der Waals surface area contributed by atoms with Crippen LogP contribution in [-0.2, 0) is 6.42 Å². The SMILES string of the molecule is COc1ccc(CCN(C)CC(C)N)cc1C. The molecule has 1 unspecified atom stereocenters. The van der Waals surface area contributed by atoms with E-state index >= 15 is 0 Å². The molecule has 1 aromatic rings. The van der Waals surface area contributed by atoms with Crippen molar-refractivity contribution in [3.05, 3.63) is 29.3 Å². The molecular weight excluding hydrogens is 212 g/mol. The predicted molar refractivity (Wildman–Crippen MR) is 72.6 cm³/mol. The molecule has 0 saturated heterocycles. The van der Waals surface area contributed by atoms with Crippen molar-refractivity contribution in [1.29, 1.82) is 0 Å². The number of likely N-dealkylation sites (N-methyl/N-ethyl adjacent to an activating group) is 1. The van der Waals surface area contributed by atoms with E-state index in [1.807, 2.05) is 13.0 Å². The Morgan fingerprint density at radius 3 is 2.65 bits per heavy atom. The van der Waals surface area contributed by atoms with E-state index in [0.29, 0.717) is 0 Å². The molecule has 0 saturated carbocycles. The molecule has 0 spiro atoms. The van der Waals surface area contributed by atoms with Gasteiger partial charge in [-0.25, -0.2) is 0 Å². The fourth-order valence-corrected chi connectivity index (χ4v) is 2.00. The van der Waals surface area contributed by atoms with Crippen LogP contribution in [0.2, 0.25) is 0 Å². The maximum absolute atomic E-state index is 5.77. The third kappa shape index (κ3) is 4.75. The Bertz CT molecular complexity index is 350. The minimum atomic E-state index is 0.234. The highest BCUT2D eigenvalue weighted by atomic mass is 16.5. The molecule has 0 amide bonds. The van der Waals surface area contributed by atoms with Crippen molar-refractivity contribution in [2.45, 2.75) is 26.3 Å². The van der Waals surface area contributed by atoms with Crippen LogP contribution in [0.15, 0.2) is 18.2 Å². The minimum absolute atomic E-state index is 0.234. The monoisotopic (exact) mass is 236 g/mol. The highest BCUT2D eigenvalue weighted by molar-refractivity contribution is 5.36. The highest BCUT2D eigenvalue weighted by Gasteiger charge is 2.04. The van der Waals surface area contributed by atoms with E-state index in [0.717, 1.165) is 25.3 Å². The van der Waals surface area contributed by atoms with Gasteiger partial charge >= 0.3 is 0 Å². The molecule has 17 heavy (non-hydrogen) atoms. The molecule has 0 aliphatic carbocycles.